The van der Waals surface area contributed by atoms with Gasteiger partial charge in [0.1, 0.15) is 6.61 Å². The minimum Gasteiger partial charge on any atom is -0.485 e. The van der Waals surface area contributed by atoms with E-state index in [2.05, 4.69) is 9.88 Å². The molecule has 1 amide bonds. The Morgan fingerprint density at radius 1 is 1.17 bits per heavy atom. The highest BCUT2D eigenvalue weighted by molar-refractivity contribution is 7.13. The molecule has 1 aromatic heterocycles. The highest BCUT2D eigenvalue weighted by Crippen LogP contribution is 2.31. The zero-order chi connectivity index (χ0) is 15.6. The van der Waals surface area contributed by atoms with Gasteiger partial charge in [0.25, 0.3) is 5.91 Å². The number of benzene rings is 1. The number of piperazine rings is 1. The van der Waals surface area contributed by atoms with Crippen LogP contribution >= 0.6 is 11.3 Å². The Bertz CT molecular complexity index is 684. The fourth-order valence-corrected chi connectivity index (χ4v) is 3.53. The molecule has 4 rings (SSSR count). The van der Waals surface area contributed by atoms with Crippen LogP contribution in [0.4, 0.5) is 5.13 Å². The third-order valence-electron chi connectivity index (χ3n) is 4.07. The molecule has 23 heavy (non-hydrogen) atoms. The second kappa shape index (κ2) is 6.08. The van der Waals surface area contributed by atoms with Crippen molar-refractivity contribution in [3.8, 4) is 11.5 Å². The Balaban J connectivity index is 1.37. The summed E-state index contributed by atoms with van der Waals surface area (Å²) in [6.07, 6.45) is 1.25. The van der Waals surface area contributed by atoms with Crippen molar-refractivity contribution < 1.29 is 14.3 Å². The van der Waals surface area contributed by atoms with Crippen LogP contribution in [0.3, 0.4) is 0 Å². The van der Waals surface area contributed by atoms with Crippen LogP contribution in [0.5, 0.6) is 11.5 Å². The Kier molecular flexibility index (Phi) is 3.78. The number of ether oxygens (including phenoxy) is 2. The average Bonchev–Trinajstić information content (AvgIpc) is 3.15. The maximum absolute atomic E-state index is 12.6. The van der Waals surface area contributed by atoms with Crippen molar-refractivity contribution >= 4 is 22.4 Å². The smallest absolute Gasteiger partial charge is 0.267 e. The van der Waals surface area contributed by atoms with Gasteiger partial charge in [-0.25, -0.2) is 4.98 Å². The van der Waals surface area contributed by atoms with E-state index < -0.39 is 6.10 Å². The van der Waals surface area contributed by atoms with Gasteiger partial charge in [0.15, 0.2) is 16.6 Å². The van der Waals surface area contributed by atoms with Crippen LogP contribution in [0.2, 0.25) is 0 Å². The standard InChI is InChI=1S/C16H17N3O3S/c20-15(14-11-21-12-3-1-2-4-13(12)22-14)18-6-8-19(9-7-18)16-17-5-10-23-16/h1-5,10,14H,6-9,11H2/t14-/m1/s1. The molecular formula is C16H17N3O3S. The van der Waals surface area contributed by atoms with Crippen LogP contribution in [-0.4, -0.2) is 54.7 Å². The van der Waals surface area contributed by atoms with Crippen LogP contribution < -0.4 is 14.4 Å². The van der Waals surface area contributed by atoms with Crippen LogP contribution in [0.1, 0.15) is 0 Å². The van der Waals surface area contributed by atoms with E-state index in [4.69, 9.17) is 9.47 Å². The molecule has 1 atom stereocenters. The first-order valence-corrected chi connectivity index (χ1v) is 8.51. The van der Waals surface area contributed by atoms with Crippen molar-refractivity contribution in [3.63, 3.8) is 0 Å². The Morgan fingerprint density at radius 2 is 1.96 bits per heavy atom. The van der Waals surface area contributed by atoms with E-state index in [-0.39, 0.29) is 12.5 Å². The van der Waals surface area contributed by atoms with E-state index in [1.807, 2.05) is 40.7 Å². The monoisotopic (exact) mass is 331 g/mol. The van der Waals surface area contributed by atoms with Gasteiger partial charge in [-0.05, 0) is 12.1 Å². The fraction of sp³-hybridized carbons (Fsp3) is 0.375. The number of fused-ring (bicyclic) bond motifs is 1. The Morgan fingerprint density at radius 3 is 2.70 bits per heavy atom. The molecule has 3 heterocycles. The number of anilines is 1. The molecule has 1 fully saturated rings. The fourth-order valence-electron chi connectivity index (χ4n) is 2.84. The van der Waals surface area contributed by atoms with Gasteiger partial charge in [0, 0.05) is 37.8 Å². The molecule has 1 aromatic carbocycles. The van der Waals surface area contributed by atoms with Crippen molar-refractivity contribution in [1.82, 2.24) is 9.88 Å². The lowest BCUT2D eigenvalue weighted by molar-refractivity contribution is -0.141. The minimum atomic E-state index is -0.559. The number of aromatic nitrogens is 1. The van der Waals surface area contributed by atoms with Gasteiger partial charge in [-0.3, -0.25) is 4.79 Å². The Labute approximate surface area is 138 Å². The summed E-state index contributed by atoms with van der Waals surface area (Å²) in [5.41, 5.74) is 0. The normalized spacial score (nSPS) is 20.4. The largest absolute Gasteiger partial charge is 0.485 e. The van der Waals surface area contributed by atoms with E-state index in [0.29, 0.717) is 24.6 Å². The van der Waals surface area contributed by atoms with Gasteiger partial charge < -0.3 is 19.3 Å². The van der Waals surface area contributed by atoms with Gasteiger partial charge in [0.2, 0.25) is 6.10 Å². The third kappa shape index (κ3) is 2.84. The second-order valence-corrected chi connectivity index (χ2v) is 6.36. The average molecular weight is 331 g/mol. The number of amides is 1. The topological polar surface area (TPSA) is 54.9 Å². The van der Waals surface area contributed by atoms with Gasteiger partial charge in [0.05, 0.1) is 0 Å². The van der Waals surface area contributed by atoms with Crippen LogP contribution in [-0.2, 0) is 4.79 Å². The number of thiazole rings is 1. The molecule has 2 aromatic rings. The number of carbonyl (C=O) groups excluding carboxylic acids is 1. The van der Waals surface area contributed by atoms with Crippen LogP contribution in [0, 0.1) is 0 Å². The zero-order valence-corrected chi connectivity index (χ0v) is 13.4. The van der Waals surface area contributed by atoms with Crippen molar-refractivity contribution in [3.05, 3.63) is 35.8 Å². The van der Waals surface area contributed by atoms with Gasteiger partial charge >= 0.3 is 0 Å². The quantitative estimate of drug-likeness (QED) is 0.837. The van der Waals surface area contributed by atoms with E-state index >= 15 is 0 Å². The molecule has 0 spiro atoms. The zero-order valence-electron chi connectivity index (χ0n) is 12.6. The molecule has 0 bridgehead atoms. The van der Waals surface area contributed by atoms with Gasteiger partial charge in [-0.1, -0.05) is 12.1 Å². The molecule has 6 nitrogen and oxygen atoms in total. The van der Waals surface area contributed by atoms with Gasteiger partial charge in [-0.2, -0.15) is 0 Å². The van der Waals surface area contributed by atoms with E-state index in [1.165, 1.54) is 0 Å². The number of hydrogen-bond acceptors (Lipinski definition) is 6. The van der Waals surface area contributed by atoms with Crippen molar-refractivity contribution in [2.75, 3.05) is 37.7 Å². The summed E-state index contributed by atoms with van der Waals surface area (Å²) in [6, 6.07) is 7.45. The summed E-state index contributed by atoms with van der Waals surface area (Å²) in [5, 5.41) is 2.99. The summed E-state index contributed by atoms with van der Waals surface area (Å²) in [4.78, 5) is 21.0. The van der Waals surface area contributed by atoms with Crippen LogP contribution in [0.15, 0.2) is 35.8 Å². The SMILES string of the molecule is O=C([C@H]1COc2ccccc2O1)N1CCN(c2nccs2)CC1. The maximum atomic E-state index is 12.6. The summed E-state index contributed by atoms with van der Waals surface area (Å²) in [7, 11) is 0. The maximum Gasteiger partial charge on any atom is 0.267 e. The summed E-state index contributed by atoms with van der Waals surface area (Å²) in [5.74, 6) is 1.34. The number of hydrogen-bond donors (Lipinski definition) is 0. The predicted molar refractivity (Wildman–Crippen MR) is 87.3 cm³/mol. The minimum absolute atomic E-state index is 0.00158. The predicted octanol–water partition coefficient (Wildman–Crippen LogP) is 1.63. The first kappa shape index (κ1) is 14.3. The number of para-hydroxylation sites is 2. The molecule has 0 saturated carbocycles. The lowest BCUT2D eigenvalue weighted by atomic mass is 10.2. The second-order valence-electron chi connectivity index (χ2n) is 5.49. The first-order chi connectivity index (χ1) is 11.3. The molecule has 2 aliphatic heterocycles. The molecular weight excluding hydrogens is 314 g/mol. The third-order valence-corrected chi connectivity index (χ3v) is 4.90. The molecule has 0 radical (unpaired) electrons. The lowest BCUT2D eigenvalue weighted by Crippen LogP contribution is -2.54. The van der Waals surface area contributed by atoms with Crippen LogP contribution in [0.25, 0.3) is 0 Å². The molecule has 2 aliphatic rings. The first-order valence-electron chi connectivity index (χ1n) is 7.63. The van der Waals surface area contributed by atoms with E-state index in [0.717, 1.165) is 18.2 Å². The van der Waals surface area contributed by atoms with E-state index in [9.17, 15) is 4.79 Å². The Hall–Kier alpha value is -2.28. The van der Waals surface area contributed by atoms with Crippen molar-refractivity contribution in [1.29, 1.82) is 0 Å². The van der Waals surface area contributed by atoms with Gasteiger partial charge in [-0.15, -0.1) is 11.3 Å². The molecule has 1 saturated heterocycles. The van der Waals surface area contributed by atoms with Crippen molar-refractivity contribution in [2.45, 2.75) is 6.10 Å². The number of nitrogens with zero attached hydrogens (tertiary/aromatic N) is 3. The molecule has 0 unspecified atom stereocenters. The van der Waals surface area contributed by atoms with E-state index in [1.54, 1.807) is 11.3 Å². The number of carbonyl (C=O) groups is 1. The summed E-state index contributed by atoms with van der Waals surface area (Å²) < 4.78 is 11.4. The molecule has 0 N–H and O–H groups in total. The lowest BCUT2D eigenvalue weighted by Gasteiger charge is -2.37. The summed E-state index contributed by atoms with van der Waals surface area (Å²) in [6.45, 7) is 3.22. The van der Waals surface area contributed by atoms with Crippen molar-refractivity contribution in [2.24, 2.45) is 0 Å². The molecule has 0 aliphatic carbocycles. The highest BCUT2D eigenvalue weighted by Gasteiger charge is 2.32. The highest BCUT2D eigenvalue weighted by atomic mass is 32.1. The molecule has 7 heteroatoms. The summed E-state index contributed by atoms with van der Waals surface area (Å²) >= 11 is 1.63. The number of rotatable bonds is 2. The molecule has 120 valence electrons.